The van der Waals surface area contributed by atoms with Crippen LogP contribution in [0.5, 0.6) is 0 Å². The Labute approximate surface area is 182 Å². The lowest BCUT2D eigenvalue weighted by Crippen LogP contribution is -2.39. The van der Waals surface area contributed by atoms with E-state index in [0.717, 1.165) is 15.6 Å². The average Bonchev–Trinajstić information content (AvgIpc) is 3.10. The van der Waals surface area contributed by atoms with E-state index in [1.165, 1.54) is 18.8 Å². The third-order valence-electron chi connectivity index (χ3n) is 5.05. The van der Waals surface area contributed by atoms with Gasteiger partial charge in [-0.1, -0.05) is 19.9 Å². The molecular weight excluding hydrogens is 412 g/mol. The van der Waals surface area contributed by atoms with E-state index in [-0.39, 0.29) is 11.6 Å². The first-order valence-corrected chi connectivity index (χ1v) is 10.9. The maximum Gasteiger partial charge on any atom is 0.332 e. The summed E-state index contributed by atoms with van der Waals surface area (Å²) in [5, 5.41) is 10.5. The Hall–Kier alpha value is -3.38. The molecule has 0 unspecified atom stereocenters. The van der Waals surface area contributed by atoms with Crippen LogP contribution in [0.1, 0.15) is 30.8 Å². The van der Waals surface area contributed by atoms with Gasteiger partial charge in [-0.2, -0.15) is 5.26 Å². The van der Waals surface area contributed by atoms with Crippen molar-refractivity contribution in [1.82, 2.24) is 23.5 Å². The fraction of sp³-hybridized carbons (Fsp3) is 0.318. The molecule has 0 saturated heterocycles. The summed E-state index contributed by atoms with van der Waals surface area (Å²) in [6.07, 6.45) is 3.82. The molecular formula is C22H22N6O2S. The molecule has 0 aliphatic rings. The van der Waals surface area contributed by atoms with Crippen molar-refractivity contribution in [1.29, 1.82) is 5.26 Å². The molecule has 0 N–H and O–H groups in total. The molecule has 0 radical (unpaired) electrons. The van der Waals surface area contributed by atoms with Gasteiger partial charge in [0.05, 0.1) is 11.1 Å². The minimum atomic E-state index is -0.412. The molecule has 8 nitrogen and oxygen atoms in total. The van der Waals surface area contributed by atoms with Crippen LogP contribution >= 0.6 is 11.8 Å². The first-order chi connectivity index (χ1) is 14.8. The fourth-order valence-corrected chi connectivity index (χ4v) is 4.67. The zero-order valence-corrected chi connectivity index (χ0v) is 18.6. The Bertz CT molecular complexity index is 1470. The lowest BCUT2D eigenvalue weighted by atomic mass is 10.2. The van der Waals surface area contributed by atoms with Crippen LogP contribution in [0.25, 0.3) is 16.6 Å². The lowest BCUT2D eigenvalue weighted by Gasteiger charge is -2.15. The van der Waals surface area contributed by atoms with Crippen LogP contribution in [0.2, 0.25) is 0 Å². The van der Waals surface area contributed by atoms with Crippen molar-refractivity contribution in [3.8, 4) is 6.07 Å². The number of hydrogen-bond donors (Lipinski definition) is 0. The molecule has 0 aliphatic carbocycles. The quantitative estimate of drug-likeness (QED) is 0.354. The third kappa shape index (κ3) is 3.64. The highest BCUT2D eigenvalue weighted by Gasteiger charge is 2.19. The summed E-state index contributed by atoms with van der Waals surface area (Å²) in [5.41, 5.74) is 1.87. The molecule has 158 valence electrons. The molecule has 0 bridgehead atoms. The van der Waals surface area contributed by atoms with E-state index < -0.39 is 5.56 Å². The number of fused-ring (bicyclic) bond motifs is 2. The Morgan fingerprint density at radius 3 is 2.71 bits per heavy atom. The van der Waals surface area contributed by atoms with Crippen molar-refractivity contribution in [3.05, 3.63) is 68.4 Å². The minimum Gasteiger partial charge on any atom is -0.322 e. The van der Waals surface area contributed by atoms with Crippen LogP contribution < -0.4 is 11.2 Å². The minimum absolute atomic E-state index is 0.205. The van der Waals surface area contributed by atoms with Gasteiger partial charge >= 0.3 is 5.69 Å². The molecule has 4 aromatic rings. The molecule has 0 saturated carbocycles. The second kappa shape index (κ2) is 8.04. The first-order valence-electron chi connectivity index (χ1n) is 9.91. The summed E-state index contributed by atoms with van der Waals surface area (Å²) >= 11 is 1.37. The molecule has 9 heteroatoms. The summed E-state index contributed by atoms with van der Waals surface area (Å²) in [4.78, 5) is 34.7. The van der Waals surface area contributed by atoms with Crippen molar-refractivity contribution in [3.63, 3.8) is 0 Å². The fourth-order valence-electron chi connectivity index (χ4n) is 3.64. The molecule has 0 amide bonds. The predicted molar refractivity (Wildman–Crippen MR) is 120 cm³/mol. The first kappa shape index (κ1) is 20.9. The smallest absolute Gasteiger partial charge is 0.322 e. The lowest BCUT2D eigenvalue weighted by molar-refractivity contribution is 0.498. The molecule has 4 rings (SSSR count). The van der Waals surface area contributed by atoms with Gasteiger partial charge in [0.2, 0.25) is 0 Å². The van der Waals surface area contributed by atoms with Gasteiger partial charge in [-0.3, -0.25) is 13.9 Å². The van der Waals surface area contributed by atoms with Gasteiger partial charge in [0.1, 0.15) is 22.3 Å². The Morgan fingerprint density at radius 2 is 2.00 bits per heavy atom. The monoisotopic (exact) mass is 434 g/mol. The van der Waals surface area contributed by atoms with Gasteiger partial charge in [-0.05, 0) is 30.5 Å². The highest BCUT2D eigenvalue weighted by atomic mass is 32.2. The maximum absolute atomic E-state index is 13.0. The van der Waals surface area contributed by atoms with E-state index in [1.807, 2.05) is 48.8 Å². The number of nitrogens with zero attached hydrogens (tertiary/aromatic N) is 6. The molecule has 0 spiro atoms. The van der Waals surface area contributed by atoms with Gasteiger partial charge in [0.25, 0.3) is 5.56 Å². The maximum atomic E-state index is 13.0. The van der Waals surface area contributed by atoms with Crippen LogP contribution in [0.3, 0.4) is 0 Å². The number of pyridine rings is 1. The van der Waals surface area contributed by atoms with Crippen molar-refractivity contribution in [2.45, 2.75) is 38.1 Å². The molecule has 0 fully saturated rings. The number of thioether (sulfide) groups is 1. The van der Waals surface area contributed by atoms with E-state index in [0.29, 0.717) is 39.7 Å². The Kier molecular flexibility index (Phi) is 5.41. The van der Waals surface area contributed by atoms with Gasteiger partial charge in [-0.15, -0.1) is 11.8 Å². The Balaban J connectivity index is 1.86. The average molecular weight is 435 g/mol. The van der Waals surface area contributed by atoms with E-state index in [9.17, 15) is 14.9 Å². The van der Waals surface area contributed by atoms with Gasteiger partial charge in [0.15, 0.2) is 5.65 Å². The normalized spacial score (nSPS) is 11.5. The van der Waals surface area contributed by atoms with Crippen LogP contribution in [0.4, 0.5) is 0 Å². The SMILES string of the molecule is Cc1nc(SCc2cn3ccccc3c2C#N)c2c(=O)n(C)c(=O)n(CC(C)C)c2n1. The van der Waals surface area contributed by atoms with Gasteiger partial charge in [0, 0.05) is 31.7 Å². The van der Waals surface area contributed by atoms with E-state index in [2.05, 4.69) is 16.0 Å². The summed E-state index contributed by atoms with van der Waals surface area (Å²) in [6, 6.07) is 7.99. The van der Waals surface area contributed by atoms with E-state index >= 15 is 0 Å². The zero-order valence-electron chi connectivity index (χ0n) is 17.8. The largest absolute Gasteiger partial charge is 0.332 e. The molecule has 0 aromatic carbocycles. The molecule has 4 heterocycles. The Morgan fingerprint density at radius 1 is 1.23 bits per heavy atom. The van der Waals surface area contributed by atoms with E-state index in [1.54, 1.807) is 11.5 Å². The van der Waals surface area contributed by atoms with Crippen LogP contribution in [0, 0.1) is 24.2 Å². The summed E-state index contributed by atoms with van der Waals surface area (Å²) in [7, 11) is 1.48. The molecule has 0 aliphatic heterocycles. The van der Waals surface area contributed by atoms with Gasteiger partial charge in [-0.25, -0.2) is 14.8 Å². The number of hydrogen-bond acceptors (Lipinski definition) is 6. The summed E-state index contributed by atoms with van der Waals surface area (Å²) in [6.45, 7) is 6.22. The second-order valence-electron chi connectivity index (χ2n) is 7.85. The van der Waals surface area contributed by atoms with Gasteiger partial charge < -0.3 is 4.40 Å². The number of rotatable bonds is 5. The standard InChI is InChI=1S/C22H22N6O2S/c1-13(2)10-28-19-18(21(29)26(4)22(28)30)20(25-14(3)24-19)31-12-15-11-27-8-6-5-7-17(27)16(15)9-23/h5-8,11,13H,10,12H2,1-4H3. The van der Waals surface area contributed by atoms with Crippen molar-refractivity contribution in [2.24, 2.45) is 13.0 Å². The number of nitriles is 1. The van der Waals surface area contributed by atoms with Crippen molar-refractivity contribution < 1.29 is 0 Å². The van der Waals surface area contributed by atoms with Crippen LogP contribution in [-0.4, -0.2) is 23.5 Å². The highest BCUT2D eigenvalue weighted by Crippen LogP contribution is 2.29. The molecule has 0 atom stereocenters. The topological polar surface area (TPSA) is 98.0 Å². The molecule has 31 heavy (non-hydrogen) atoms. The second-order valence-corrected chi connectivity index (χ2v) is 8.81. The zero-order chi connectivity index (χ0) is 22.3. The highest BCUT2D eigenvalue weighted by molar-refractivity contribution is 7.98. The van der Waals surface area contributed by atoms with Crippen molar-refractivity contribution in [2.75, 3.05) is 0 Å². The predicted octanol–water partition coefficient (Wildman–Crippen LogP) is 2.87. The number of aromatic nitrogens is 5. The van der Waals surface area contributed by atoms with Crippen LogP contribution in [-0.2, 0) is 19.3 Å². The summed E-state index contributed by atoms with van der Waals surface area (Å²) < 4.78 is 4.57. The third-order valence-corrected chi connectivity index (χ3v) is 6.07. The summed E-state index contributed by atoms with van der Waals surface area (Å²) in [5.74, 6) is 1.15. The number of aryl methyl sites for hydroxylation is 1. The van der Waals surface area contributed by atoms with Crippen molar-refractivity contribution >= 4 is 28.3 Å². The van der Waals surface area contributed by atoms with Crippen LogP contribution in [0.15, 0.2) is 45.2 Å². The van der Waals surface area contributed by atoms with E-state index in [4.69, 9.17) is 0 Å². The molecule has 4 aromatic heterocycles.